The summed E-state index contributed by atoms with van der Waals surface area (Å²) in [4.78, 5) is 0. The normalized spacial score (nSPS) is 12.7. The van der Waals surface area contributed by atoms with Gasteiger partial charge in [-0.2, -0.15) is 0 Å². The molecule has 2 aromatic rings. The molecule has 0 heterocycles. The summed E-state index contributed by atoms with van der Waals surface area (Å²) in [6.07, 6.45) is 1.11. The lowest BCUT2D eigenvalue weighted by molar-refractivity contribution is 0.643. The Balaban J connectivity index is 2.32. The highest BCUT2D eigenvalue weighted by Gasteiger charge is 2.12. The molecule has 0 fully saturated rings. The topological polar surface area (TPSA) is 12.0 Å². The summed E-state index contributed by atoms with van der Waals surface area (Å²) in [6.45, 7) is 4.50. The van der Waals surface area contributed by atoms with Gasteiger partial charge in [-0.1, -0.05) is 61.8 Å². The van der Waals surface area contributed by atoms with Gasteiger partial charge >= 0.3 is 0 Å². The van der Waals surface area contributed by atoms with Crippen LogP contribution >= 0.6 is 11.6 Å². The van der Waals surface area contributed by atoms with Crippen molar-refractivity contribution in [3.05, 3.63) is 70.2 Å². The minimum absolute atomic E-state index is 0.181. The predicted molar refractivity (Wildman–Crippen MR) is 87.3 cm³/mol. The van der Waals surface area contributed by atoms with Gasteiger partial charge in [0.05, 0.1) is 6.04 Å². The minimum Gasteiger partial charge on any atom is -0.309 e. The molecule has 2 aromatic carbocycles. The SMILES string of the molecule is CNC(c1cccc(Cl)c1)c1cccc(CC(C)C)c1. The number of nitrogens with one attached hydrogen (secondary N) is 1. The lowest BCUT2D eigenvalue weighted by Crippen LogP contribution is -2.17. The van der Waals surface area contributed by atoms with Crippen molar-refractivity contribution in [2.75, 3.05) is 7.05 Å². The average molecular weight is 288 g/mol. The largest absolute Gasteiger partial charge is 0.309 e. The molecule has 106 valence electrons. The van der Waals surface area contributed by atoms with E-state index >= 15 is 0 Å². The van der Waals surface area contributed by atoms with E-state index in [4.69, 9.17) is 11.6 Å². The predicted octanol–water partition coefficient (Wildman–Crippen LogP) is 4.85. The molecule has 0 saturated heterocycles. The Bertz CT molecular complexity index is 563. The zero-order valence-electron chi connectivity index (χ0n) is 12.4. The Kier molecular flexibility index (Phi) is 5.22. The van der Waals surface area contributed by atoms with Gasteiger partial charge in [0.25, 0.3) is 0 Å². The van der Waals surface area contributed by atoms with Crippen molar-refractivity contribution >= 4 is 11.6 Å². The summed E-state index contributed by atoms with van der Waals surface area (Å²) >= 11 is 6.11. The first-order valence-electron chi connectivity index (χ1n) is 7.11. The van der Waals surface area contributed by atoms with Crippen molar-refractivity contribution in [1.82, 2.24) is 5.32 Å². The Morgan fingerprint density at radius 2 is 1.65 bits per heavy atom. The molecule has 1 nitrogen and oxygen atoms in total. The van der Waals surface area contributed by atoms with Crippen LogP contribution in [-0.2, 0) is 6.42 Å². The van der Waals surface area contributed by atoms with Gasteiger partial charge in [0.15, 0.2) is 0 Å². The smallest absolute Gasteiger partial charge is 0.0574 e. The first-order valence-corrected chi connectivity index (χ1v) is 7.49. The molecule has 1 unspecified atom stereocenters. The van der Waals surface area contributed by atoms with E-state index in [-0.39, 0.29) is 6.04 Å². The van der Waals surface area contributed by atoms with Crippen molar-refractivity contribution in [3.63, 3.8) is 0 Å². The fourth-order valence-electron chi connectivity index (χ4n) is 2.58. The van der Waals surface area contributed by atoms with Crippen LogP contribution in [0.2, 0.25) is 5.02 Å². The molecule has 0 aromatic heterocycles. The van der Waals surface area contributed by atoms with Gasteiger partial charge in [-0.05, 0) is 48.2 Å². The molecule has 1 N–H and O–H groups in total. The van der Waals surface area contributed by atoms with Crippen LogP contribution in [0, 0.1) is 5.92 Å². The molecule has 0 aliphatic heterocycles. The number of benzene rings is 2. The lowest BCUT2D eigenvalue weighted by Gasteiger charge is -2.18. The maximum absolute atomic E-state index is 6.11. The summed E-state index contributed by atoms with van der Waals surface area (Å²) in [6, 6.07) is 17.0. The number of halogens is 1. The Morgan fingerprint density at radius 3 is 2.25 bits per heavy atom. The van der Waals surface area contributed by atoms with Gasteiger partial charge in [0, 0.05) is 5.02 Å². The van der Waals surface area contributed by atoms with Crippen LogP contribution in [-0.4, -0.2) is 7.05 Å². The molecule has 0 saturated carbocycles. The van der Waals surface area contributed by atoms with E-state index in [1.165, 1.54) is 16.7 Å². The van der Waals surface area contributed by atoms with Crippen LogP contribution in [0.1, 0.15) is 36.6 Å². The molecule has 0 spiro atoms. The summed E-state index contributed by atoms with van der Waals surface area (Å²) < 4.78 is 0. The molecule has 0 bridgehead atoms. The number of hydrogen-bond donors (Lipinski definition) is 1. The molecule has 2 rings (SSSR count). The van der Waals surface area contributed by atoms with Crippen LogP contribution < -0.4 is 5.32 Å². The second-order valence-corrected chi connectivity index (χ2v) is 6.06. The third kappa shape index (κ3) is 3.84. The highest BCUT2D eigenvalue weighted by molar-refractivity contribution is 6.30. The van der Waals surface area contributed by atoms with Crippen LogP contribution in [0.4, 0.5) is 0 Å². The molecule has 1 atom stereocenters. The fourth-order valence-corrected chi connectivity index (χ4v) is 2.78. The van der Waals surface area contributed by atoms with Crippen molar-refractivity contribution in [2.24, 2.45) is 5.92 Å². The average Bonchev–Trinajstić information content (AvgIpc) is 2.39. The fraction of sp³-hybridized carbons (Fsp3) is 0.333. The first kappa shape index (κ1) is 15.1. The van der Waals surface area contributed by atoms with Gasteiger partial charge in [-0.15, -0.1) is 0 Å². The Morgan fingerprint density at radius 1 is 1.00 bits per heavy atom. The maximum atomic E-state index is 6.11. The van der Waals surface area contributed by atoms with Gasteiger partial charge in [-0.3, -0.25) is 0 Å². The molecule has 0 aliphatic carbocycles. The number of rotatable bonds is 5. The Labute approximate surface area is 127 Å². The molecule has 0 amide bonds. The van der Waals surface area contributed by atoms with E-state index in [1.807, 2.05) is 25.2 Å². The molecule has 20 heavy (non-hydrogen) atoms. The van der Waals surface area contributed by atoms with E-state index in [0.29, 0.717) is 5.92 Å². The quantitative estimate of drug-likeness (QED) is 0.829. The van der Waals surface area contributed by atoms with Crippen molar-refractivity contribution in [1.29, 1.82) is 0 Å². The monoisotopic (exact) mass is 287 g/mol. The van der Waals surface area contributed by atoms with Gasteiger partial charge < -0.3 is 5.32 Å². The zero-order chi connectivity index (χ0) is 14.5. The van der Waals surface area contributed by atoms with E-state index < -0.39 is 0 Å². The third-order valence-electron chi connectivity index (χ3n) is 3.40. The zero-order valence-corrected chi connectivity index (χ0v) is 13.1. The minimum atomic E-state index is 0.181. The van der Waals surface area contributed by atoms with Gasteiger partial charge in [0.1, 0.15) is 0 Å². The van der Waals surface area contributed by atoms with Crippen molar-refractivity contribution < 1.29 is 0 Å². The van der Waals surface area contributed by atoms with Crippen molar-refractivity contribution in [2.45, 2.75) is 26.3 Å². The molecule has 2 heteroatoms. The second kappa shape index (κ2) is 6.92. The second-order valence-electron chi connectivity index (χ2n) is 5.62. The van der Waals surface area contributed by atoms with Crippen LogP contribution in [0.25, 0.3) is 0 Å². The highest BCUT2D eigenvalue weighted by atomic mass is 35.5. The van der Waals surface area contributed by atoms with E-state index in [1.54, 1.807) is 0 Å². The first-order chi connectivity index (χ1) is 9.60. The maximum Gasteiger partial charge on any atom is 0.0574 e. The summed E-state index contributed by atoms with van der Waals surface area (Å²) in [5, 5.41) is 4.16. The third-order valence-corrected chi connectivity index (χ3v) is 3.63. The van der Waals surface area contributed by atoms with E-state index in [0.717, 1.165) is 11.4 Å². The van der Waals surface area contributed by atoms with Gasteiger partial charge in [0.2, 0.25) is 0 Å². The van der Waals surface area contributed by atoms with Crippen LogP contribution in [0.5, 0.6) is 0 Å². The van der Waals surface area contributed by atoms with Crippen LogP contribution in [0.3, 0.4) is 0 Å². The van der Waals surface area contributed by atoms with E-state index in [9.17, 15) is 0 Å². The van der Waals surface area contributed by atoms with E-state index in [2.05, 4.69) is 49.5 Å². The molecular formula is C18H22ClN. The summed E-state index contributed by atoms with van der Waals surface area (Å²) in [5.41, 5.74) is 3.87. The van der Waals surface area contributed by atoms with Crippen molar-refractivity contribution in [3.8, 4) is 0 Å². The lowest BCUT2D eigenvalue weighted by atomic mass is 9.95. The standard InChI is InChI=1S/C18H22ClN/c1-13(2)10-14-6-4-7-15(11-14)18(20-3)16-8-5-9-17(19)12-16/h4-9,11-13,18,20H,10H2,1-3H3. The summed E-state index contributed by atoms with van der Waals surface area (Å²) in [7, 11) is 1.99. The number of hydrogen-bond acceptors (Lipinski definition) is 1. The van der Waals surface area contributed by atoms with Gasteiger partial charge in [-0.25, -0.2) is 0 Å². The molecule has 0 aliphatic rings. The Hall–Kier alpha value is -1.31. The van der Waals surface area contributed by atoms with Crippen LogP contribution in [0.15, 0.2) is 48.5 Å². The highest BCUT2D eigenvalue weighted by Crippen LogP contribution is 2.25. The molecule has 0 radical (unpaired) electrons. The summed E-state index contributed by atoms with van der Waals surface area (Å²) in [5.74, 6) is 0.671. The molecular weight excluding hydrogens is 266 g/mol.